The number of rotatable bonds is 3. The predicted molar refractivity (Wildman–Crippen MR) is 117 cm³/mol. The molecule has 0 unspecified atom stereocenters. The third-order valence-electron chi connectivity index (χ3n) is 5.51. The Bertz CT molecular complexity index is 1570. The van der Waals surface area contributed by atoms with Crippen LogP contribution in [0, 0.1) is 6.92 Å². The number of ketones is 1. The molecule has 0 aliphatic heterocycles. The summed E-state index contributed by atoms with van der Waals surface area (Å²) in [5.41, 5.74) is 1.02. The van der Waals surface area contributed by atoms with Crippen LogP contribution < -0.4 is 5.63 Å². The summed E-state index contributed by atoms with van der Waals surface area (Å²) in [6.45, 7) is 1.78. The van der Waals surface area contributed by atoms with E-state index in [-0.39, 0.29) is 16.9 Å². The fourth-order valence-electron chi connectivity index (χ4n) is 3.94. The Hall–Kier alpha value is -4.13. The second kappa shape index (κ2) is 7.48. The molecule has 5 aromatic rings. The van der Waals surface area contributed by atoms with Crippen LogP contribution in [0.1, 0.15) is 27.2 Å². The van der Waals surface area contributed by atoms with E-state index in [1.807, 2.05) is 6.07 Å². The van der Waals surface area contributed by atoms with Gasteiger partial charge in [-0.3, -0.25) is 4.79 Å². The second-order valence-electron chi connectivity index (χ2n) is 7.64. The minimum absolute atomic E-state index is 0.0428. The number of benzene rings is 3. The van der Waals surface area contributed by atoms with Crippen LogP contribution in [0.4, 0.5) is 13.2 Å². The summed E-state index contributed by atoms with van der Waals surface area (Å²) in [7, 11) is 0. The molecule has 0 radical (unpaired) electrons. The Morgan fingerprint density at radius 1 is 0.879 bits per heavy atom. The lowest BCUT2D eigenvalue weighted by Crippen LogP contribution is -2.06. The number of hydrogen-bond donors (Lipinski definition) is 0. The van der Waals surface area contributed by atoms with E-state index in [0.29, 0.717) is 33.0 Å². The number of alkyl halides is 3. The van der Waals surface area contributed by atoms with Gasteiger partial charge in [-0.05, 0) is 42.3 Å². The largest absolute Gasteiger partial charge is 0.452 e. The quantitative estimate of drug-likeness (QED) is 0.226. The van der Waals surface area contributed by atoms with Crippen molar-refractivity contribution in [3.05, 3.63) is 106 Å². The van der Waals surface area contributed by atoms with Crippen molar-refractivity contribution in [3.8, 4) is 11.1 Å². The summed E-state index contributed by atoms with van der Waals surface area (Å²) >= 11 is 0. The zero-order valence-electron chi connectivity index (χ0n) is 17.2. The zero-order valence-corrected chi connectivity index (χ0v) is 17.2. The lowest BCUT2D eigenvalue weighted by atomic mass is 9.96. The Morgan fingerprint density at radius 3 is 2.24 bits per heavy atom. The average Bonchev–Trinajstić information content (AvgIpc) is 3.19. The molecular formula is C26H15F3O4. The second-order valence-corrected chi connectivity index (χ2v) is 7.64. The van der Waals surface area contributed by atoms with Crippen LogP contribution in [-0.4, -0.2) is 5.78 Å². The molecule has 164 valence electrons. The van der Waals surface area contributed by atoms with Crippen LogP contribution in [0.2, 0.25) is 0 Å². The molecule has 0 spiro atoms. The lowest BCUT2D eigenvalue weighted by Gasteiger charge is -2.08. The third-order valence-corrected chi connectivity index (χ3v) is 5.51. The van der Waals surface area contributed by atoms with E-state index in [1.54, 1.807) is 43.3 Å². The molecule has 33 heavy (non-hydrogen) atoms. The molecule has 3 aromatic carbocycles. The van der Waals surface area contributed by atoms with Gasteiger partial charge >= 0.3 is 11.8 Å². The Labute approximate surface area is 184 Å². The van der Waals surface area contributed by atoms with Crippen LogP contribution in [0.3, 0.4) is 0 Å². The number of hydrogen-bond acceptors (Lipinski definition) is 4. The molecule has 4 nitrogen and oxygen atoms in total. The summed E-state index contributed by atoms with van der Waals surface area (Å²) in [4.78, 5) is 25.5. The lowest BCUT2D eigenvalue weighted by molar-refractivity contribution is -0.137. The first kappa shape index (κ1) is 20.8. The van der Waals surface area contributed by atoms with Crippen molar-refractivity contribution in [2.45, 2.75) is 13.1 Å². The first-order valence-corrected chi connectivity index (χ1v) is 10.0. The topological polar surface area (TPSA) is 60.4 Å². The normalized spacial score (nSPS) is 11.9. The van der Waals surface area contributed by atoms with E-state index in [9.17, 15) is 22.8 Å². The molecule has 0 saturated carbocycles. The highest BCUT2D eigenvalue weighted by atomic mass is 19.4. The van der Waals surface area contributed by atoms with Gasteiger partial charge in [0.2, 0.25) is 5.78 Å². The Kier molecular flexibility index (Phi) is 4.70. The van der Waals surface area contributed by atoms with E-state index in [4.69, 9.17) is 8.83 Å². The minimum Gasteiger partial charge on any atom is -0.452 e. The molecule has 0 saturated heterocycles. The SMILES string of the molecule is Cc1cc(=O)oc2c1ccc1oc(C(=O)c3ccc(C(F)(F)F)cc3)c(-c3ccccc3)c12. The molecule has 0 fully saturated rings. The maximum absolute atomic E-state index is 13.4. The van der Waals surface area contributed by atoms with Gasteiger partial charge in [0.25, 0.3) is 0 Å². The van der Waals surface area contributed by atoms with Crippen LogP contribution in [0.5, 0.6) is 0 Å². The average molecular weight is 448 g/mol. The molecule has 2 heterocycles. The van der Waals surface area contributed by atoms with Crippen LogP contribution in [-0.2, 0) is 6.18 Å². The van der Waals surface area contributed by atoms with Gasteiger partial charge in [-0.25, -0.2) is 4.79 Å². The van der Waals surface area contributed by atoms with Crippen LogP contribution in [0.15, 0.2) is 86.4 Å². The molecule has 7 heteroatoms. The molecule has 0 amide bonds. The molecule has 2 aromatic heterocycles. The maximum atomic E-state index is 13.4. The number of carbonyl (C=O) groups is 1. The standard InChI is InChI=1S/C26H15F3O4/c1-14-13-20(30)33-24-18(14)11-12-19-22(24)21(15-5-3-2-4-6-15)25(32-19)23(31)16-7-9-17(10-8-16)26(27,28)29/h2-13H,1H3. The molecular weight excluding hydrogens is 433 g/mol. The van der Waals surface area contributed by atoms with Crippen LogP contribution in [0.25, 0.3) is 33.1 Å². The summed E-state index contributed by atoms with van der Waals surface area (Å²) in [5.74, 6) is -0.630. The molecule has 0 aliphatic rings. The number of aryl methyl sites for hydroxylation is 1. The van der Waals surface area contributed by atoms with E-state index in [1.165, 1.54) is 6.07 Å². The summed E-state index contributed by atoms with van der Waals surface area (Å²) in [5, 5.41) is 1.14. The first-order chi connectivity index (χ1) is 15.7. The van der Waals surface area contributed by atoms with Gasteiger partial charge < -0.3 is 8.83 Å². The van der Waals surface area contributed by atoms with Crippen molar-refractivity contribution in [3.63, 3.8) is 0 Å². The van der Waals surface area contributed by atoms with Gasteiger partial charge in [-0.15, -0.1) is 0 Å². The van der Waals surface area contributed by atoms with Gasteiger partial charge in [0, 0.05) is 22.6 Å². The van der Waals surface area contributed by atoms with Gasteiger partial charge in [0.15, 0.2) is 5.76 Å². The van der Waals surface area contributed by atoms with Crippen molar-refractivity contribution < 1.29 is 26.8 Å². The summed E-state index contributed by atoms with van der Waals surface area (Å²) in [6.07, 6.45) is -4.51. The highest BCUT2D eigenvalue weighted by Gasteiger charge is 2.31. The summed E-state index contributed by atoms with van der Waals surface area (Å²) < 4.78 is 50.3. The Morgan fingerprint density at radius 2 is 1.58 bits per heavy atom. The molecule has 0 bridgehead atoms. The number of fused-ring (bicyclic) bond motifs is 3. The summed E-state index contributed by atoms with van der Waals surface area (Å²) in [6, 6.07) is 17.7. The monoisotopic (exact) mass is 448 g/mol. The van der Waals surface area contributed by atoms with E-state index in [0.717, 1.165) is 24.3 Å². The van der Waals surface area contributed by atoms with Crippen molar-refractivity contribution >= 4 is 27.7 Å². The van der Waals surface area contributed by atoms with Crippen molar-refractivity contribution in [1.82, 2.24) is 0 Å². The molecule has 0 N–H and O–H groups in total. The third kappa shape index (κ3) is 3.51. The smallest absolute Gasteiger partial charge is 0.416 e. The first-order valence-electron chi connectivity index (χ1n) is 10.0. The predicted octanol–water partition coefficient (Wildman–Crippen LogP) is 6.76. The molecule has 0 aliphatic carbocycles. The minimum atomic E-state index is -4.51. The van der Waals surface area contributed by atoms with Gasteiger partial charge in [0.1, 0.15) is 11.2 Å². The number of carbonyl (C=O) groups excluding carboxylic acids is 1. The number of halogens is 3. The van der Waals surface area contributed by atoms with E-state index in [2.05, 4.69) is 0 Å². The molecule has 0 atom stereocenters. The maximum Gasteiger partial charge on any atom is 0.416 e. The highest BCUT2D eigenvalue weighted by Crippen LogP contribution is 2.40. The van der Waals surface area contributed by atoms with Crippen molar-refractivity contribution in [1.29, 1.82) is 0 Å². The van der Waals surface area contributed by atoms with Crippen molar-refractivity contribution in [2.75, 3.05) is 0 Å². The van der Waals surface area contributed by atoms with Gasteiger partial charge in [-0.1, -0.05) is 42.5 Å². The fraction of sp³-hybridized carbons (Fsp3) is 0.0769. The van der Waals surface area contributed by atoms with Crippen molar-refractivity contribution in [2.24, 2.45) is 0 Å². The molecule has 5 rings (SSSR count). The van der Waals surface area contributed by atoms with Gasteiger partial charge in [0.05, 0.1) is 10.9 Å². The zero-order chi connectivity index (χ0) is 23.3. The van der Waals surface area contributed by atoms with E-state index < -0.39 is 23.1 Å². The van der Waals surface area contributed by atoms with E-state index >= 15 is 0 Å². The van der Waals surface area contributed by atoms with Crippen LogP contribution >= 0.6 is 0 Å². The van der Waals surface area contributed by atoms with Gasteiger partial charge in [-0.2, -0.15) is 13.2 Å². The Balaban J connectivity index is 1.80. The highest BCUT2D eigenvalue weighted by molar-refractivity contribution is 6.20. The number of furan rings is 1. The fourth-order valence-corrected chi connectivity index (χ4v) is 3.94.